The molecule has 0 radical (unpaired) electrons. The number of aromatic nitrogens is 1. The van der Waals surface area contributed by atoms with Gasteiger partial charge in [-0.1, -0.05) is 12.1 Å². The normalized spacial score (nSPS) is 10.1. The Morgan fingerprint density at radius 3 is 3.06 bits per heavy atom. The maximum atomic E-state index is 10.4. The molecule has 0 aliphatic heterocycles. The number of thiazole rings is 1. The molecule has 4 nitrogen and oxygen atoms in total. The lowest BCUT2D eigenvalue weighted by Gasteiger charge is -2.05. The molecular formula is C12H11NO3S. The summed E-state index contributed by atoms with van der Waals surface area (Å²) in [6.07, 6.45) is 1.75. The number of hydrogen-bond acceptors (Lipinski definition) is 4. The second-order valence-electron chi connectivity index (χ2n) is 3.36. The number of aliphatic carboxylic acids is 1. The maximum absolute atomic E-state index is 10.4. The van der Waals surface area contributed by atoms with Crippen LogP contribution in [-0.4, -0.2) is 22.7 Å². The largest absolute Gasteiger partial charge is 0.493 e. The monoisotopic (exact) mass is 249 g/mol. The first-order valence-electron chi connectivity index (χ1n) is 5.10. The molecule has 0 fully saturated rings. The van der Waals surface area contributed by atoms with Gasteiger partial charge in [-0.3, -0.25) is 4.79 Å². The Morgan fingerprint density at radius 1 is 1.47 bits per heavy atom. The Kier molecular flexibility index (Phi) is 3.72. The fourth-order valence-electron chi connectivity index (χ4n) is 1.34. The van der Waals surface area contributed by atoms with E-state index in [1.807, 2.05) is 23.6 Å². The van der Waals surface area contributed by atoms with E-state index in [2.05, 4.69) is 4.98 Å². The molecule has 88 valence electrons. The molecule has 0 saturated carbocycles. The molecule has 0 aliphatic carbocycles. The van der Waals surface area contributed by atoms with Gasteiger partial charge in [0.1, 0.15) is 10.8 Å². The van der Waals surface area contributed by atoms with Crippen molar-refractivity contribution in [2.45, 2.75) is 6.42 Å². The van der Waals surface area contributed by atoms with Gasteiger partial charge in [0.05, 0.1) is 13.0 Å². The van der Waals surface area contributed by atoms with Crippen LogP contribution >= 0.6 is 11.3 Å². The number of nitrogens with zero attached hydrogens (tertiary/aromatic N) is 1. The quantitative estimate of drug-likeness (QED) is 0.885. The molecule has 17 heavy (non-hydrogen) atoms. The van der Waals surface area contributed by atoms with Crippen molar-refractivity contribution >= 4 is 17.3 Å². The molecule has 0 aliphatic rings. The molecule has 1 aromatic heterocycles. The van der Waals surface area contributed by atoms with Gasteiger partial charge >= 0.3 is 5.97 Å². The molecule has 2 aromatic rings. The smallest absolute Gasteiger partial charge is 0.306 e. The fourth-order valence-corrected chi connectivity index (χ4v) is 1.98. The van der Waals surface area contributed by atoms with E-state index >= 15 is 0 Å². The van der Waals surface area contributed by atoms with E-state index in [0.717, 1.165) is 10.6 Å². The van der Waals surface area contributed by atoms with Crippen LogP contribution in [0.3, 0.4) is 0 Å². The topological polar surface area (TPSA) is 59.4 Å². The molecule has 0 atom stereocenters. The van der Waals surface area contributed by atoms with Crippen molar-refractivity contribution in [3.05, 3.63) is 35.8 Å². The second kappa shape index (κ2) is 5.45. The van der Waals surface area contributed by atoms with Gasteiger partial charge in [0.25, 0.3) is 0 Å². The van der Waals surface area contributed by atoms with Gasteiger partial charge in [-0.2, -0.15) is 0 Å². The Hall–Kier alpha value is -1.88. The molecule has 0 unspecified atom stereocenters. The van der Waals surface area contributed by atoms with Crippen LogP contribution in [0.4, 0.5) is 0 Å². The summed E-state index contributed by atoms with van der Waals surface area (Å²) in [4.78, 5) is 14.6. The van der Waals surface area contributed by atoms with Gasteiger partial charge in [0.15, 0.2) is 0 Å². The summed E-state index contributed by atoms with van der Waals surface area (Å²) in [6.45, 7) is 0.177. The third kappa shape index (κ3) is 3.29. The van der Waals surface area contributed by atoms with Crippen LogP contribution in [0.2, 0.25) is 0 Å². The van der Waals surface area contributed by atoms with Crippen molar-refractivity contribution in [3.8, 4) is 16.3 Å². The first-order valence-corrected chi connectivity index (χ1v) is 5.98. The highest BCUT2D eigenvalue weighted by Crippen LogP contribution is 2.25. The summed E-state index contributed by atoms with van der Waals surface area (Å²) in [7, 11) is 0. The number of hydrogen-bond donors (Lipinski definition) is 1. The summed E-state index contributed by atoms with van der Waals surface area (Å²) in [5.74, 6) is -0.194. The molecular weight excluding hydrogens is 238 g/mol. The zero-order valence-corrected chi connectivity index (χ0v) is 9.81. The summed E-state index contributed by atoms with van der Waals surface area (Å²) in [5.41, 5.74) is 0.979. The van der Waals surface area contributed by atoms with Crippen LogP contribution in [0.1, 0.15) is 6.42 Å². The van der Waals surface area contributed by atoms with Gasteiger partial charge in [0.2, 0.25) is 0 Å². The van der Waals surface area contributed by atoms with Crippen LogP contribution in [-0.2, 0) is 4.79 Å². The summed E-state index contributed by atoms with van der Waals surface area (Å²) in [6, 6.07) is 7.48. The maximum Gasteiger partial charge on any atom is 0.306 e. The molecule has 1 N–H and O–H groups in total. The van der Waals surface area contributed by atoms with Crippen molar-refractivity contribution < 1.29 is 14.6 Å². The van der Waals surface area contributed by atoms with Crippen molar-refractivity contribution in [3.63, 3.8) is 0 Å². The lowest BCUT2D eigenvalue weighted by molar-refractivity contribution is -0.137. The van der Waals surface area contributed by atoms with Crippen LogP contribution in [0.25, 0.3) is 10.6 Å². The van der Waals surface area contributed by atoms with E-state index < -0.39 is 5.97 Å². The van der Waals surface area contributed by atoms with E-state index in [4.69, 9.17) is 9.84 Å². The van der Waals surface area contributed by atoms with E-state index in [0.29, 0.717) is 5.75 Å². The SMILES string of the molecule is O=C(O)CCOc1cccc(-c2nccs2)c1. The van der Waals surface area contributed by atoms with Gasteiger partial charge in [0, 0.05) is 17.1 Å². The number of rotatable bonds is 5. The minimum atomic E-state index is -0.860. The number of carbonyl (C=O) groups is 1. The molecule has 0 spiro atoms. The highest BCUT2D eigenvalue weighted by Gasteiger charge is 2.03. The van der Waals surface area contributed by atoms with Gasteiger partial charge in [-0.25, -0.2) is 4.98 Å². The highest BCUT2D eigenvalue weighted by atomic mass is 32.1. The van der Waals surface area contributed by atoms with Crippen LogP contribution in [0.5, 0.6) is 5.75 Å². The molecule has 1 heterocycles. The Bertz CT molecular complexity index is 496. The average Bonchev–Trinajstić information content (AvgIpc) is 2.82. The first kappa shape index (κ1) is 11.6. The van der Waals surface area contributed by atoms with E-state index in [1.54, 1.807) is 23.6 Å². The molecule has 0 amide bonds. The average molecular weight is 249 g/mol. The second-order valence-corrected chi connectivity index (χ2v) is 4.25. The first-order chi connectivity index (χ1) is 8.25. The predicted octanol–water partition coefficient (Wildman–Crippen LogP) is 2.66. The van der Waals surface area contributed by atoms with Crippen molar-refractivity contribution in [2.75, 3.05) is 6.61 Å². The zero-order valence-electron chi connectivity index (χ0n) is 9.00. The van der Waals surface area contributed by atoms with Crippen LogP contribution < -0.4 is 4.74 Å². The molecule has 0 bridgehead atoms. The summed E-state index contributed by atoms with van der Waals surface area (Å²) >= 11 is 1.55. The highest BCUT2D eigenvalue weighted by molar-refractivity contribution is 7.13. The number of carboxylic acids is 1. The van der Waals surface area contributed by atoms with Crippen LogP contribution in [0.15, 0.2) is 35.8 Å². The molecule has 2 rings (SSSR count). The minimum Gasteiger partial charge on any atom is -0.493 e. The van der Waals surface area contributed by atoms with E-state index in [1.165, 1.54) is 0 Å². The van der Waals surface area contributed by atoms with E-state index in [-0.39, 0.29) is 13.0 Å². The predicted molar refractivity (Wildman–Crippen MR) is 65.3 cm³/mol. The Labute approximate surface area is 103 Å². The molecule has 1 aromatic carbocycles. The standard InChI is InChI=1S/C12H11NO3S/c14-11(15)4-6-16-10-3-1-2-9(8-10)12-13-5-7-17-12/h1-3,5,7-8H,4,6H2,(H,14,15). The Balaban J connectivity index is 2.04. The third-order valence-corrected chi connectivity index (χ3v) is 2.92. The van der Waals surface area contributed by atoms with Crippen molar-refractivity contribution in [1.29, 1.82) is 0 Å². The minimum absolute atomic E-state index is 0.00147. The number of ether oxygens (including phenoxy) is 1. The Morgan fingerprint density at radius 2 is 2.35 bits per heavy atom. The van der Waals surface area contributed by atoms with Gasteiger partial charge in [-0.15, -0.1) is 11.3 Å². The lowest BCUT2D eigenvalue weighted by Crippen LogP contribution is -2.04. The third-order valence-electron chi connectivity index (χ3n) is 2.10. The van der Waals surface area contributed by atoms with E-state index in [9.17, 15) is 4.79 Å². The summed E-state index contributed by atoms with van der Waals surface area (Å²) in [5, 5.41) is 11.3. The summed E-state index contributed by atoms with van der Waals surface area (Å²) < 4.78 is 5.35. The van der Waals surface area contributed by atoms with Gasteiger partial charge < -0.3 is 9.84 Å². The number of benzene rings is 1. The fraction of sp³-hybridized carbons (Fsp3) is 0.167. The number of carboxylic acid groups (broad SMARTS) is 1. The molecule has 5 heteroatoms. The zero-order chi connectivity index (χ0) is 12.1. The lowest BCUT2D eigenvalue weighted by atomic mass is 10.2. The van der Waals surface area contributed by atoms with Gasteiger partial charge in [-0.05, 0) is 12.1 Å². The molecule has 0 saturated heterocycles. The van der Waals surface area contributed by atoms with Crippen molar-refractivity contribution in [1.82, 2.24) is 4.98 Å². The van der Waals surface area contributed by atoms with Crippen molar-refractivity contribution in [2.24, 2.45) is 0 Å². The van der Waals surface area contributed by atoms with Crippen LogP contribution in [0, 0.1) is 0 Å².